The van der Waals surface area contributed by atoms with E-state index in [4.69, 9.17) is 9.47 Å². The highest BCUT2D eigenvalue weighted by Gasteiger charge is 2.08. The van der Waals surface area contributed by atoms with E-state index in [1.54, 1.807) is 24.3 Å². The lowest BCUT2D eigenvalue weighted by molar-refractivity contribution is -0.136. The molecule has 3 aromatic carbocycles. The van der Waals surface area contributed by atoms with Crippen molar-refractivity contribution in [1.82, 2.24) is 0 Å². The Balaban J connectivity index is 1.54. The van der Waals surface area contributed by atoms with Gasteiger partial charge in [-0.1, -0.05) is 48.5 Å². The summed E-state index contributed by atoms with van der Waals surface area (Å²) in [5.41, 5.74) is 2.74. The van der Waals surface area contributed by atoms with Crippen LogP contribution in [-0.2, 0) is 9.59 Å². The Labute approximate surface area is 157 Å². The van der Waals surface area contributed by atoms with Gasteiger partial charge in [-0.15, -0.1) is 0 Å². The van der Waals surface area contributed by atoms with Gasteiger partial charge in [0.05, 0.1) is 0 Å². The highest BCUT2D eigenvalue weighted by atomic mass is 16.6. The minimum atomic E-state index is -0.526. The molecule has 0 spiro atoms. The summed E-state index contributed by atoms with van der Waals surface area (Å²) in [5, 5.41) is 2.63. The molecular weight excluding hydrogens is 342 g/mol. The second kappa shape index (κ2) is 8.67. The number of esters is 1. The van der Waals surface area contributed by atoms with Crippen molar-refractivity contribution in [3.05, 3.63) is 78.9 Å². The first-order valence-electron chi connectivity index (χ1n) is 8.47. The average Bonchev–Trinajstić information content (AvgIpc) is 2.67. The van der Waals surface area contributed by atoms with E-state index in [0.717, 1.165) is 11.1 Å². The van der Waals surface area contributed by atoms with Crippen LogP contribution in [0.3, 0.4) is 0 Å². The van der Waals surface area contributed by atoms with Gasteiger partial charge in [-0.2, -0.15) is 0 Å². The molecule has 0 bridgehead atoms. The number of carbonyl (C=O) groups is 2. The predicted octanol–water partition coefficient (Wildman–Crippen LogP) is 4.30. The van der Waals surface area contributed by atoms with Crippen LogP contribution in [0.1, 0.15) is 6.92 Å². The molecule has 0 radical (unpaired) electrons. The zero-order valence-electron chi connectivity index (χ0n) is 14.8. The minimum absolute atomic E-state index is 0.194. The number of anilines is 1. The van der Waals surface area contributed by atoms with Crippen molar-refractivity contribution in [2.45, 2.75) is 6.92 Å². The second-order valence-corrected chi connectivity index (χ2v) is 5.86. The van der Waals surface area contributed by atoms with Gasteiger partial charge in [0.15, 0.2) is 6.61 Å². The smallest absolute Gasteiger partial charge is 0.349 e. The molecule has 0 aliphatic carbocycles. The van der Waals surface area contributed by atoms with Gasteiger partial charge in [0.25, 0.3) is 0 Å². The number of hydrogen-bond donors (Lipinski definition) is 1. The quantitative estimate of drug-likeness (QED) is 0.525. The highest BCUT2D eigenvalue weighted by molar-refractivity contribution is 5.89. The van der Waals surface area contributed by atoms with Gasteiger partial charge in [-0.05, 0) is 35.4 Å². The van der Waals surface area contributed by atoms with Crippen LogP contribution in [0, 0.1) is 0 Å². The zero-order valence-corrected chi connectivity index (χ0v) is 14.8. The number of carbonyl (C=O) groups excluding carboxylic acids is 2. The number of benzene rings is 3. The van der Waals surface area contributed by atoms with Gasteiger partial charge in [-0.3, -0.25) is 4.79 Å². The lowest BCUT2D eigenvalue weighted by Crippen LogP contribution is -2.17. The molecule has 0 aromatic heterocycles. The lowest BCUT2D eigenvalue weighted by Gasteiger charge is -2.09. The molecule has 3 rings (SSSR count). The van der Waals surface area contributed by atoms with Crippen LogP contribution in [0.5, 0.6) is 11.5 Å². The van der Waals surface area contributed by atoms with E-state index >= 15 is 0 Å². The molecule has 5 nitrogen and oxygen atoms in total. The maximum absolute atomic E-state index is 12.0. The summed E-state index contributed by atoms with van der Waals surface area (Å²) in [6.45, 7) is 1.20. The van der Waals surface area contributed by atoms with E-state index in [-0.39, 0.29) is 12.5 Å². The molecular formula is C22H19NO4. The fourth-order valence-electron chi connectivity index (χ4n) is 2.52. The SMILES string of the molecule is CC(=O)Nc1cccc(OC(=O)COc2ccc(-c3ccccc3)cc2)c1. The molecule has 1 amide bonds. The summed E-state index contributed by atoms with van der Waals surface area (Å²) in [6.07, 6.45) is 0. The number of rotatable bonds is 6. The zero-order chi connectivity index (χ0) is 19.1. The predicted molar refractivity (Wildman–Crippen MR) is 104 cm³/mol. The van der Waals surface area contributed by atoms with E-state index in [9.17, 15) is 9.59 Å². The average molecular weight is 361 g/mol. The van der Waals surface area contributed by atoms with Crippen LogP contribution in [0.25, 0.3) is 11.1 Å². The monoisotopic (exact) mass is 361 g/mol. The topological polar surface area (TPSA) is 64.6 Å². The van der Waals surface area contributed by atoms with E-state index in [1.165, 1.54) is 6.92 Å². The number of amides is 1. The van der Waals surface area contributed by atoms with E-state index in [1.807, 2.05) is 54.6 Å². The van der Waals surface area contributed by atoms with Crippen molar-refractivity contribution >= 4 is 17.6 Å². The van der Waals surface area contributed by atoms with E-state index in [2.05, 4.69) is 5.32 Å². The van der Waals surface area contributed by atoms with Crippen molar-refractivity contribution < 1.29 is 19.1 Å². The first-order valence-corrected chi connectivity index (χ1v) is 8.47. The van der Waals surface area contributed by atoms with Gasteiger partial charge < -0.3 is 14.8 Å². The molecule has 1 N–H and O–H groups in total. The van der Waals surface area contributed by atoms with E-state index < -0.39 is 5.97 Å². The number of hydrogen-bond acceptors (Lipinski definition) is 4. The summed E-state index contributed by atoms with van der Waals surface area (Å²) in [5.74, 6) is 0.204. The summed E-state index contributed by atoms with van der Waals surface area (Å²) in [6, 6.07) is 24.1. The van der Waals surface area contributed by atoms with Gasteiger partial charge in [0.2, 0.25) is 5.91 Å². The van der Waals surface area contributed by atoms with Gasteiger partial charge >= 0.3 is 5.97 Å². The molecule has 136 valence electrons. The van der Waals surface area contributed by atoms with Crippen molar-refractivity contribution in [1.29, 1.82) is 0 Å². The van der Waals surface area contributed by atoms with Crippen LogP contribution in [-0.4, -0.2) is 18.5 Å². The van der Waals surface area contributed by atoms with Gasteiger partial charge in [0, 0.05) is 18.7 Å². The summed E-state index contributed by atoms with van der Waals surface area (Å²) in [4.78, 5) is 23.1. The van der Waals surface area contributed by atoms with Crippen LogP contribution >= 0.6 is 0 Å². The van der Waals surface area contributed by atoms with Crippen LogP contribution in [0.4, 0.5) is 5.69 Å². The first-order chi connectivity index (χ1) is 13.1. The van der Waals surface area contributed by atoms with Crippen molar-refractivity contribution in [3.8, 4) is 22.6 Å². The molecule has 0 aliphatic rings. The largest absolute Gasteiger partial charge is 0.482 e. The van der Waals surface area contributed by atoms with Gasteiger partial charge in [-0.25, -0.2) is 4.79 Å². The van der Waals surface area contributed by atoms with Crippen LogP contribution in [0.15, 0.2) is 78.9 Å². The Bertz CT molecular complexity index is 921. The van der Waals surface area contributed by atoms with Gasteiger partial charge in [0.1, 0.15) is 11.5 Å². The maximum Gasteiger partial charge on any atom is 0.349 e. The maximum atomic E-state index is 12.0. The third kappa shape index (κ3) is 5.44. The standard InChI is InChI=1S/C22H19NO4/c1-16(24)23-19-8-5-9-21(14-19)27-22(25)15-26-20-12-10-18(11-13-20)17-6-3-2-4-7-17/h2-14H,15H2,1H3,(H,23,24). The molecule has 0 heterocycles. The fourth-order valence-corrected chi connectivity index (χ4v) is 2.52. The molecule has 27 heavy (non-hydrogen) atoms. The Morgan fingerprint density at radius 1 is 0.815 bits per heavy atom. The Morgan fingerprint density at radius 3 is 2.22 bits per heavy atom. The Morgan fingerprint density at radius 2 is 1.52 bits per heavy atom. The third-order valence-corrected chi connectivity index (χ3v) is 3.70. The molecule has 0 saturated heterocycles. The minimum Gasteiger partial charge on any atom is -0.482 e. The molecule has 5 heteroatoms. The van der Waals surface area contributed by atoms with Crippen molar-refractivity contribution in [2.75, 3.05) is 11.9 Å². The van der Waals surface area contributed by atoms with Crippen LogP contribution < -0.4 is 14.8 Å². The van der Waals surface area contributed by atoms with E-state index in [0.29, 0.717) is 17.2 Å². The first kappa shape index (κ1) is 18.2. The highest BCUT2D eigenvalue weighted by Crippen LogP contribution is 2.22. The number of nitrogens with one attached hydrogen (secondary N) is 1. The Kier molecular flexibility index (Phi) is 5.84. The molecule has 3 aromatic rings. The van der Waals surface area contributed by atoms with Crippen molar-refractivity contribution in [3.63, 3.8) is 0 Å². The molecule has 0 fully saturated rings. The summed E-state index contributed by atoms with van der Waals surface area (Å²) >= 11 is 0. The Hall–Kier alpha value is -3.60. The molecule has 0 atom stereocenters. The molecule has 0 aliphatic heterocycles. The fraction of sp³-hybridized carbons (Fsp3) is 0.0909. The normalized spacial score (nSPS) is 10.1. The lowest BCUT2D eigenvalue weighted by atomic mass is 10.1. The third-order valence-electron chi connectivity index (χ3n) is 3.70. The second-order valence-electron chi connectivity index (χ2n) is 5.86. The van der Waals surface area contributed by atoms with Crippen LogP contribution in [0.2, 0.25) is 0 Å². The molecule has 0 unspecified atom stereocenters. The summed E-state index contributed by atoms with van der Waals surface area (Å²) in [7, 11) is 0. The summed E-state index contributed by atoms with van der Waals surface area (Å²) < 4.78 is 10.7. The molecule has 0 saturated carbocycles. The van der Waals surface area contributed by atoms with Crippen molar-refractivity contribution in [2.24, 2.45) is 0 Å². The number of ether oxygens (including phenoxy) is 2.